The number of anilines is 2. The topological polar surface area (TPSA) is 137 Å². The number of nitrogens with zero attached hydrogens (tertiary/aromatic N) is 5. The molecule has 2 heterocycles. The number of aromatic nitrogens is 4. The minimum atomic E-state index is -0.547. The summed E-state index contributed by atoms with van der Waals surface area (Å²) in [6.07, 6.45) is 2.78. The lowest BCUT2D eigenvalue weighted by Gasteiger charge is -2.08. The van der Waals surface area contributed by atoms with Crippen LogP contribution in [0.2, 0.25) is 0 Å². The Balaban J connectivity index is 1.58. The summed E-state index contributed by atoms with van der Waals surface area (Å²) in [5.74, 6) is -0.723. The summed E-state index contributed by atoms with van der Waals surface area (Å²) in [4.78, 5) is 34.5. The lowest BCUT2D eigenvalue weighted by Crippen LogP contribution is -2.20. The molecule has 2 N–H and O–H groups in total. The van der Waals surface area contributed by atoms with Crippen LogP contribution in [0.15, 0.2) is 42.7 Å². The van der Waals surface area contributed by atoms with E-state index in [9.17, 15) is 19.7 Å². The number of rotatable bonds is 6. The summed E-state index contributed by atoms with van der Waals surface area (Å²) in [6, 6.07) is 8.14. The van der Waals surface area contributed by atoms with E-state index in [2.05, 4.69) is 20.8 Å². The maximum absolute atomic E-state index is 12.1. The van der Waals surface area contributed by atoms with Gasteiger partial charge in [0.2, 0.25) is 5.91 Å². The average Bonchev–Trinajstić information content (AvgIpc) is 3.23. The van der Waals surface area contributed by atoms with E-state index in [-0.39, 0.29) is 24.0 Å². The third-order valence-corrected chi connectivity index (χ3v) is 3.94. The fraction of sp³-hybridized carbons (Fsp3) is 0.176. The van der Waals surface area contributed by atoms with E-state index in [4.69, 9.17) is 0 Å². The highest BCUT2D eigenvalue weighted by Crippen LogP contribution is 2.17. The van der Waals surface area contributed by atoms with Crippen molar-refractivity contribution in [2.45, 2.75) is 13.5 Å². The number of amides is 2. The number of nitro groups is 1. The molecule has 144 valence electrons. The molecule has 0 fully saturated rings. The highest BCUT2D eigenvalue weighted by molar-refractivity contribution is 6.03. The third kappa shape index (κ3) is 4.20. The van der Waals surface area contributed by atoms with E-state index >= 15 is 0 Å². The van der Waals surface area contributed by atoms with Crippen molar-refractivity contribution in [3.8, 4) is 0 Å². The Hall–Kier alpha value is -4.02. The Labute approximate surface area is 159 Å². The van der Waals surface area contributed by atoms with Crippen LogP contribution < -0.4 is 10.6 Å². The largest absolute Gasteiger partial charge is 0.324 e. The summed E-state index contributed by atoms with van der Waals surface area (Å²) < 4.78 is 2.79. The zero-order chi connectivity index (χ0) is 20.3. The maximum atomic E-state index is 12.1. The number of hydrogen-bond acceptors (Lipinski definition) is 6. The number of carbonyl (C=O) groups excluding carboxylic acids is 2. The van der Waals surface area contributed by atoms with Crippen molar-refractivity contribution in [1.29, 1.82) is 0 Å². The molecule has 0 aliphatic heterocycles. The van der Waals surface area contributed by atoms with Crippen molar-refractivity contribution in [1.82, 2.24) is 19.6 Å². The molecule has 0 spiro atoms. The van der Waals surface area contributed by atoms with Gasteiger partial charge in [-0.3, -0.25) is 29.1 Å². The van der Waals surface area contributed by atoms with Crippen LogP contribution in [0, 0.1) is 17.0 Å². The van der Waals surface area contributed by atoms with E-state index < -0.39 is 4.92 Å². The van der Waals surface area contributed by atoms with Gasteiger partial charge in [0.05, 0.1) is 4.92 Å². The smallest absolute Gasteiger partial charge is 0.309 e. The number of nitrogens with one attached hydrogen (secondary N) is 2. The van der Waals surface area contributed by atoms with Gasteiger partial charge in [-0.25, -0.2) is 0 Å². The van der Waals surface area contributed by atoms with Gasteiger partial charge in [0.1, 0.15) is 18.4 Å². The van der Waals surface area contributed by atoms with Gasteiger partial charge in [-0.15, -0.1) is 0 Å². The van der Waals surface area contributed by atoms with Crippen LogP contribution in [0.3, 0.4) is 0 Å². The monoisotopic (exact) mass is 383 g/mol. The van der Waals surface area contributed by atoms with Crippen molar-refractivity contribution >= 4 is 28.9 Å². The zero-order valence-corrected chi connectivity index (χ0v) is 15.1. The fourth-order valence-electron chi connectivity index (χ4n) is 2.48. The number of carbonyl (C=O) groups is 2. The van der Waals surface area contributed by atoms with Crippen LogP contribution in [0.5, 0.6) is 0 Å². The molecule has 11 nitrogen and oxygen atoms in total. The molecule has 1 aromatic carbocycles. The molecule has 3 aromatic rings. The van der Waals surface area contributed by atoms with Crippen LogP contribution in [0.4, 0.5) is 17.1 Å². The summed E-state index contributed by atoms with van der Waals surface area (Å²) in [6.45, 7) is 1.37. The zero-order valence-electron chi connectivity index (χ0n) is 15.1. The molecular formula is C17H17N7O4. The summed E-state index contributed by atoms with van der Waals surface area (Å²) in [5, 5.41) is 24.1. The van der Waals surface area contributed by atoms with E-state index in [1.165, 1.54) is 16.3 Å². The van der Waals surface area contributed by atoms with Gasteiger partial charge in [-0.05, 0) is 37.3 Å². The van der Waals surface area contributed by atoms with Crippen molar-refractivity contribution in [2.75, 3.05) is 10.6 Å². The molecule has 0 bridgehead atoms. The highest BCUT2D eigenvalue weighted by Gasteiger charge is 2.18. The fourth-order valence-corrected chi connectivity index (χ4v) is 2.48. The maximum Gasteiger partial charge on any atom is 0.309 e. The number of benzene rings is 1. The first-order chi connectivity index (χ1) is 13.3. The molecule has 3 rings (SSSR count). The van der Waals surface area contributed by atoms with E-state index in [1.54, 1.807) is 43.6 Å². The van der Waals surface area contributed by atoms with Gasteiger partial charge < -0.3 is 10.6 Å². The summed E-state index contributed by atoms with van der Waals surface area (Å²) in [5.41, 5.74) is 1.52. The van der Waals surface area contributed by atoms with Gasteiger partial charge >= 0.3 is 5.69 Å². The Morgan fingerprint density at radius 2 is 1.79 bits per heavy atom. The molecule has 0 aliphatic rings. The predicted octanol–water partition coefficient (Wildman–Crippen LogP) is 1.72. The lowest BCUT2D eigenvalue weighted by molar-refractivity contribution is -0.385. The third-order valence-electron chi connectivity index (χ3n) is 3.94. The van der Waals surface area contributed by atoms with Crippen LogP contribution in [-0.2, 0) is 18.4 Å². The molecule has 0 radical (unpaired) electrons. The lowest BCUT2D eigenvalue weighted by atomic mass is 10.2. The summed E-state index contributed by atoms with van der Waals surface area (Å²) >= 11 is 0. The molecule has 28 heavy (non-hydrogen) atoms. The van der Waals surface area contributed by atoms with E-state index in [0.29, 0.717) is 22.8 Å². The molecule has 2 aromatic heterocycles. The van der Waals surface area contributed by atoms with Gasteiger partial charge in [-0.2, -0.15) is 10.2 Å². The molecule has 0 saturated heterocycles. The molecule has 0 atom stereocenters. The van der Waals surface area contributed by atoms with Crippen molar-refractivity contribution in [2.24, 2.45) is 7.05 Å². The predicted molar refractivity (Wildman–Crippen MR) is 99.9 cm³/mol. The number of aryl methyl sites for hydroxylation is 1. The molecule has 0 saturated carbocycles. The van der Waals surface area contributed by atoms with Crippen LogP contribution in [0.25, 0.3) is 0 Å². The molecule has 11 heteroatoms. The number of hydrogen-bond donors (Lipinski definition) is 2. The average molecular weight is 383 g/mol. The second-order valence-corrected chi connectivity index (χ2v) is 5.98. The standard InChI is InChI=1S/C17H17N7O4/c1-11-15(24(27)28)9-18-23(11)10-16(25)19-12-3-5-13(6-4-12)20-17(26)14-7-8-22(2)21-14/h3-9H,10H2,1-2H3,(H,19,25)(H,20,26). The first-order valence-electron chi connectivity index (χ1n) is 8.21. The van der Waals surface area contributed by atoms with Crippen molar-refractivity contribution in [3.63, 3.8) is 0 Å². The minimum Gasteiger partial charge on any atom is -0.324 e. The molecule has 2 amide bonds. The van der Waals surface area contributed by atoms with E-state index in [1.807, 2.05) is 0 Å². The van der Waals surface area contributed by atoms with Crippen LogP contribution in [-0.4, -0.2) is 36.3 Å². The Kier molecular flexibility index (Phi) is 5.16. The first kappa shape index (κ1) is 18.8. The second-order valence-electron chi connectivity index (χ2n) is 5.98. The van der Waals surface area contributed by atoms with Crippen LogP contribution in [0.1, 0.15) is 16.2 Å². The van der Waals surface area contributed by atoms with E-state index in [0.717, 1.165) is 6.20 Å². The summed E-state index contributed by atoms with van der Waals surface area (Å²) in [7, 11) is 1.72. The molecule has 0 unspecified atom stereocenters. The minimum absolute atomic E-state index is 0.138. The SMILES string of the molecule is Cc1c([N+](=O)[O-])cnn1CC(=O)Nc1ccc(NC(=O)c2ccn(C)n2)cc1. The van der Waals surface area contributed by atoms with Gasteiger partial charge in [0.25, 0.3) is 5.91 Å². The Morgan fingerprint density at radius 3 is 2.32 bits per heavy atom. The quantitative estimate of drug-likeness (QED) is 0.491. The van der Waals surface area contributed by atoms with Crippen molar-refractivity contribution in [3.05, 3.63) is 64.2 Å². The van der Waals surface area contributed by atoms with Crippen LogP contribution >= 0.6 is 0 Å². The van der Waals surface area contributed by atoms with Gasteiger partial charge in [-0.1, -0.05) is 0 Å². The molecular weight excluding hydrogens is 366 g/mol. The first-order valence-corrected chi connectivity index (χ1v) is 8.21. The second kappa shape index (κ2) is 7.70. The van der Waals surface area contributed by atoms with Crippen molar-refractivity contribution < 1.29 is 14.5 Å². The Morgan fingerprint density at radius 1 is 1.14 bits per heavy atom. The Bertz CT molecular complexity index is 1040. The van der Waals surface area contributed by atoms with Gasteiger partial charge in [0, 0.05) is 24.6 Å². The molecule has 0 aliphatic carbocycles. The highest BCUT2D eigenvalue weighted by atomic mass is 16.6. The normalized spacial score (nSPS) is 10.5. The van der Waals surface area contributed by atoms with Gasteiger partial charge in [0.15, 0.2) is 5.69 Å².